The molecule has 0 saturated carbocycles. The molecule has 2 aromatic carbocycles. The highest BCUT2D eigenvalue weighted by Crippen LogP contribution is 2.22. The van der Waals surface area contributed by atoms with E-state index in [1.54, 1.807) is 36.4 Å². The van der Waals surface area contributed by atoms with Crippen molar-refractivity contribution >= 4 is 48.3 Å². The second-order valence-electron chi connectivity index (χ2n) is 11.4. The largest absolute Gasteiger partial charge is 0.490 e. The van der Waals surface area contributed by atoms with E-state index in [4.69, 9.17) is 28.8 Å². The Morgan fingerprint density at radius 3 is 1.80 bits per heavy atom. The predicted octanol–water partition coefficient (Wildman–Crippen LogP) is -2.15. The number of amides is 5. The number of nitrogens with one attached hydrogen (secondary N) is 5. The van der Waals surface area contributed by atoms with Gasteiger partial charge in [-0.15, -0.1) is 0 Å². The van der Waals surface area contributed by atoms with E-state index in [1.807, 2.05) is 12.1 Å². The van der Waals surface area contributed by atoms with E-state index >= 15 is 0 Å². The van der Waals surface area contributed by atoms with Crippen molar-refractivity contribution in [2.45, 2.75) is 75.9 Å². The zero-order valence-corrected chi connectivity index (χ0v) is 28.2. The van der Waals surface area contributed by atoms with Crippen molar-refractivity contribution in [3.05, 3.63) is 59.1 Å². The summed E-state index contributed by atoms with van der Waals surface area (Å²) in [6.07, 6.45) is -0.291. The van der Waals surface area contributed by atoms with Gasteiger partial charge in [0.25, 0.3) is 5.91 Å². The number of nitrogens with two attached hydrogens (primary N) is 3. The molecule has 14 N–H and O–H groups in total. The van der Waals surface area contributed by atoms with Gasteiger partial charge in [-0.25, -0.2) is 0 Å². The molecule has 16 nitrogen and oxygen atoms in total. The van der Waals surface area contributed by atoms with E-state index in [2.05, 4.69) is 26.6 Å². The molecule has 0 aliphatic carbocycles. The Balaban J connectivity index is 2.06. The van der Waals surface area contributed by atoms with Crippen molar-refractivity contribution < 1.29 is 39.1 Å². The highest BCUT2D eigenvalue weighted by Gasteiger charge is 2.33. The highest BCUT2D eigenvalue weighted by molar-refractivity contribution is 6.43. The van der Waals surface area contributed by atoms with Crippen molar-refractivity contribution in [3.63, 3.8) is 0 Å². The Hall–Kier alpha value is -4.10. The molecule has 49 heavy (non-hydrogen) atoms. The van der Waals surface area contributed by atoms with Gasteiger partial charge in [-0.1, -0.05) is 35.9 Å². The number of aliphatic hydroxyl groups excluding tert-OH is 1. The summed E-state index contributed by atoms with van der Waals surface area (Å²) in [7, 11) is -2.04. The molecule has 0 radical (unpaired) electrons. The summed E-state index contributed by atoms with van der Waals surface area (Å²) in [5, 5.41) is 41.4. The van der Waals surface area contributed by atoms with Crippen molar-refractivity contribution in [1.82, 2.24) is 26.6 Å². The van der Waals surface area contributed by atoms with Crippen LogP contribution in [0.5, 0.6) is 0 Å². The smallest absolute Gasteiger partial charge is 0.425 e. The molecule has 0 bridgehead atoms. The summed E-state index contributed by atoms with van der Waals surface area (Å²) in [5.41, 5.74) is 18.7. The molecule has 0 unspecified atom stereocenters. The molecule has 0 aromatic heterocycles. The number of rotatable bonds is 19. The fourth-order valence-corrected chi connectivity index (χ4v) is 4.68. The Labute approximate surface area is 290 Å². The van der Waals surface area contributed by atoms with Gasteiger partial charge in [0, 0.05) is 10.6 Å². The molecule has 0 aliphatic rings. The fraction of sp³-hybridized carbons (Fsp3) is 0.452. The average Bonchev–Trinajstić information content (AvgIpc) is 3.06. The van der Waals surface area contributed by atoms with Crippen LogP contribution in [0.25, 0.3) is 11.1 Å². The molecule has 0 heterocycles. The molecule has 0 spiro atoms. The van der Waals surface area contributed by atoms with Gasteiger partial charge in [0.1, 0.15) is 30.2 Å². The molecule has 0 fully saturated rings. The molecule has 268 valence electrons. The van der Waals surface area contributed by atoms with Crippen molar-refractivity contribution in [1.29, 1.82) is 0 Å². The van der Waals surface area contributed by atoms with Crippen LogP contribution in [0.2, 0.25) is 5.02 Å². The van der Waals surface area contributed by atoms with Gasteiger partial charge in [0.05, 0.1) is 6.10 Å². The third kappa shape index (κ3) is 13.4. The Bertz CT molecular complexity index is 1400. The van der Waals surface area contributed by atoms with Gasteiger partial charge in [-0.2, -0.15) is 0 Å². The van der Waals surface area contributed by atoms with Crippen LogP contribution in [-0.4, -0.2) is 101 Å². The lowest BCUT2D eigenvalue weighted by molar-refractivity contribution is -0.135. The van der Waals surface area contributed by atoms with E-state index in [0.717, 1.165) is 11.1 Å². The minimum Gasteiger partial charge on any atom is -0.425 e. The number of hydrogen-bond donors (Lipinski definition) is 11. The van der Waals surface area contributed by atoms with E-state index in [1.165, 1.54) is 13.8 Å². The van der Waals surface area contributed by atoms with E-state index < -0.39 is 73.0 Å². The van der Waals surface area contributed by atoms with Gasteiger partial charge < -0.3 is 58.9 Å². The van der Waals surface area contributed by atoms with Gasteiger partial charge >= 0.3 is 7.12 Å². The predicted molar refractivity (Wildman–Crippen MR) is 184 cm³/mol. The standard InChI is InChI=1S/C31H46BClN8O8/c1-17(26(43)38-23(5-3-4-15-34)29(46)41-31(36)32(48)49)37-30(47)25(18(2)42)40-28(45)24(14-16-35)39-27(44)21-8-6-19(7-9-21)20-10-12-22(33)13-11-20/h6-13,17-18,23-25,31,42,48-49H,3-5,14-16,34-36H2,1-2H3,(H,37,47)(H,38,43)(H,39,44)(H,40,45)(H,41,46)/t17-,18+,23-,24-,25-,31+/m0/s1. The molecule has 0 aliphatic heterocycles. The first-order valence-electron chi connectivity index (χ1n) is 15.8. The molecule has 2 aromatic rings. The normalized spacial score (nSPS) is 14.6. The number of unbranched alkanes of at least 4 members (excludes halogenated alkanes) is 1. The number of carbonyl (C=O) groups is 5. The van der Waals surface area contributed by atoms with Crippen LogP contribution in [0.4, 0.5) is 0 Å². The van der Waals surface area contributed by atoms with Crippen LogP contribution in [0.15, 0.2) is 48.5 Å². The van der Waals surface area contributed by atoms with E-state index in [0.29, 0.717) is 24.4 Å². The zero-order chi connectivity index (χ0) is 36.7. The third-order valence-corrected chi connectivity index (χ3v) is 7.68. The van der Waals surface area contributed by atoms with Crippen LogP contribution in [0, 0.1) is 0 Å². The SMILES string of the molecule is C[C@H](NC(=O)[C@@H](NC(=O)[C@H](CCN)NC(=O)c1ccc(-c2ccc(Cl)cc2)cc1)[C@@H](C)O)C(=O)N[C@@H](CCCCN)C(=O)N[C@@H](N)B(O)O. The summed E-state index contributed by atoms with van der Waals surface area (Å²) in [6.45, 7) is 2.93. The minimum atomic E-state index is -2.04. The highest BCUT2D eigenvalue weighted by atomic mass is 35.5. The lowest BCUT2D eigenvalue weighted by atomic mass is 9.86. The summed E-state index contributed by atoms with van der Waals surface area (Å²) >= 11 is 5.95. The first-order valence-corrected chi connectivity index (χ1v) is 16.1. The third-order valence-electron chi connectivity index (χ3n) is 7.43. The summed E-state index contributed by atoms with van der Waals surface area (Å²) in [6, 6.07) is 7.22. The van der Waals surface area contributed by atoms with Crippen molar-refractivity contribution in [3.8, 4) is 11.1 Å². The Kier molecular flexibility index (Phi) is 17.1. The quantitative estimate of drug-likeness (QED) is 0.0426. The number of benzene rings is 2. The average molecular weight is 705 g/mol. The van der Waals surface area contributed by atoms with Gasteiger partial charge in [0.15, 0.2) is 0 Å². The Morgan fingerprint density at radius 2 is 1.27 bits per heavy atom. The van der Waals surface area contributed by atoms with Gasteiger partial charge in [-0.05, 0) is 88.0 Å². The maximum absolute atomic E-state index is 13.2. The van der Waals surface area contributed by atoms with Crippen LogP contribution in [0.3, 0.4) is 0 Å². The summed E-state index contributed by atoms with van der Waals surface area (Å²) in [5.74, 6) is -3.86. The fourth-order valence-electron chi connectivity index (χ4n) is 4.56. The molecule has 5 amide bonds. The maximum Gasteiger partial charge on any atom is 0.490 e. The molecular weight excluding hydrogens is 659 g/mol. The second kappa shape index (κ2) is 20.4. The molecule has 6 atom stereocenters. The first kappa shape index (κ1) is 41.1. The number of hydrogen-bond acceptors (Lipinski definition) is 11. The van der Waals surface area contributed by atoms with Crippen LogP contribution >= 0.6 is 11.6 Å². The molecule has 0 saturated heterocycles. The van der Waals surface area contributed by atoms with E-state index in [-0.39, 0.29) is 24.9 Å². The van der Waals surface area contributed by atoms with Crippen molar-refractivity contribution in [2.75, 3.05) is 13.1 Å². The molecular formula is C31H46BClN8O8. The lowest BCUT2D eigenvalue weighted by Crippen LogP contribution is -2.61. The number of aliphatic hydroxyl groups is 1. The van der Waals surface area contributed by atoms with Gasteiger partial charge in [-0.3, -0.25) is 24.0 Å². The molecule has 18 heteroatoms. The second-order valence-corrected chi connectivity index (χ2v) is 11.9. The summed E-state index contributed by atoms with van der Waals surface area (Å²) in [4.78, 5) is 65.0. The summed E-state index contributed by atoms with van der Waals surface area (Å²) < 4.78 is 0. The lowest BCUT2D eigenvalue weighted by Gasteiger charge is -2.26. The van der Waals surface area contributed by atoms with Crippen LogP contribution in [0.1, 0.15) is 49.9 Å². The van der Waals surface area contributed by atoms with Crippen LogP contribution < -0.4 is 43.8 Å². The van der Waals surface area contributed by atoms with Gasteiger partial charge in [0.2, 0.25) is 23.6 Å². The first-order chi connectivity index (χ1) is 23.2. The zero-order valence-electron chi connectivity index (χ0n) is 27.4. The Morgan fingerprint density at radius 1 is 0.714 bits per heavy atom. The van der Waals surface area contributed by atoms with Crippen LogP contribution in [-0.2, 0) is 19.2 Å². The number of halogens is 1. The number of carbonyl (C=O) groups excluding carboxylic acids is 5. The maximum atomic E-state index is 13.2. The monoisotopic (exact) mass is 704 g/mol. The minimum absolute atomic E-state index is 0.0119. The topological polar surface area (TPSA) is 284 Å². The van der Waals surface area contributed by atoms with E-state index in [9.17, 15) is 39.1 Å². The van der Waals surface area contributed by atoms with Crippen molar-refractivity contribution in [2.24, 2.45) is 17.2 Å². The molecule has 2 rings (SSSR count).